The van der Waals surface area contributed by atoms with Crippen LogP contribution in [0, 0.1) is 0 Å². The molecule has 1 N–H and O–H groups in total. The van der Waals surface area contributed by atoms with E-state index in [1.54, 1.807) is 0 Å². The Kier molecular flexibility index (Phi) is 4.18. The Balaban J connectivity index is 2.95. The van der Waals surface area contributed by atoms with Gasteiger partial charge in [-0.15, -0.1) is 0 Å². The molecule has 0 saturated carbocycles. The van der Waals surface area contributed by atoms with E-state index in [2.05, 4.69) is 31.3 Å². The van der Waals surface area contributed by atoms with E-state index in [1.807, 2.05) is 25.2 Å². The van der Waals surface area contributed by atoms with Crippen LogP contribution in [0.25, 0.3) is 0 Å². The zero-order chi connectivity index (χ0) is 10.6. The third kappa shape index (κ3) is 3.17. The van der Waals surface area contributed by atoms with Crippen molar-refractivity contribution in [2.45, 2.75) is 19.9 Å². The van der Waals surface area contributed by atoms with Gasteiger partial charge in [-0.1, -0.05) is 35.4 Å². The summed E-state index contributed by atoms with van der Waals surface area (Å²) in [5.74, 6) is 0. The predicted octanol–water partition coefficient (Wildman–Crippen LogP) is 3.57. The third-order valence-corrected chi connectivity index (χ3v) is 2.25. The lowest BCUT2D eigenvalue weighted by atomic mass is 10.1. The minimum Gasteiger partial charge on any atom is -0.310 e. The first-order valence-corrected chi connectivity index (χ1v) is 5.09. The maximum absolute atomic E-state index is 5.93. The smallest absolute Gasteiger partial charge is 0.0506 e. The van der Waals surface area contributed by atoms with Gasteiger partial charge in [0.25, 0.3) is 0 Å². The Hall–Kier alpha value is -0.790. The van der Waals surface area contributed by atoms with Crippen molar-refractivity contribution >= 4 is 11.6 Å². The SMILES string of the molecule is CNC(C=C(C)C)c1cccc(Cl)c1. The van der Waals surface area contributed by atoms with Gasteiger partial charge in [0.2, 0.25) is 0 Å². The highest BCUT2D eigenvalue weighted by Gasteiger charge is 2.05. The molecule has 1 rings (SSSR count). The fourth-order valence-corrected chi connectivity index (χ4v) is 1.58. The molecule has 0 heterocycles. The van der Waals surface area contributed by atoms with E-state index in [0.717, 1.165) is 5.02 Å². The molecule has 0 amide bonds. The van der Waals surface area contributed by atoms with Crippen molar-refractivity contribution in [3.8, 4) is 0 Å². The van der Waals surface area contributed by atoms with Crippen LogP contribution in [0.1, 0.15) is 25.5 Å². The van der Waals surface area contributed by atoms with E-state index < -0.39 is 0 Å². The van der Waals surface area contributed by atoms with Crippen LogP contribution < -0.4 is 5.32 Å². The summed E-state index contributed by atoms with van der Waals surface area (Å²) < 4.78 is 0. The highest BCUT2D eigenvalue weighted by atomic mass is 35.5. The van der Waals surface area contributed by atoms with Crippen molar-refractivity contribution in [2.75, 3.05) is 7.05 Å². The molecular weight excluding hydrogens is 194 g/mol. The van der Waals surface area contributed by atoms with Gasteiger partial charge in [0, 0.05) is 5.02 Å². The number of rotatable bonds is 3. The molecule has 14 heavy (non-hydrogen) atoms. The van der Waals surface area contributed by atoms with Crippen molar-refractivity contribution < 1.29 is 0 Å². The number of likely N-dealkylation sites (N-methyl/N-ethyl adjacent to an activating group) is 1. The monoisotopic (exact) mass is 209 g/mol. The van der Waals surface area contributed by atoms with Crippen LogP contribution >= 0.6 is 11.6 Å². The molecule has 2 heteroatoms. The van der Waals surface area contributed by atoms with Gasteiger partial charge in [0.15, 0.2) is 0 Å². The summed E-state index contributed by atoms with van der Waals surface area (Å²) in [6.07, 6.45) is 2.19. The highest BCUT2D eigenvalue weighted by molar-refractivity contribution is 6.30. The molecule has 1 atom stereocenters. The average molecular weight is 210 g/mol. The van der Waals surface area contributed by atoms with Crippen molar-refractivity contribution in [2.24, 2.45) is 0 Å². The highest BCUT2D eigenvalue weighted by Crippen LogP contribution is 2.19. The number of halogens is 1. The fourth-order valence-electron chi connectivity index (χ4n) is 1.38. The molecule has 0 radical (unpaired) electrons. The quantitative estimate of drug-likeness (QED) is 0.751. The third-order valence-electron chi connectivity index (χ3n) is 2.02. The maximum atomic E-state index is 5.93. The van der Waals surface area contributed by atoms with E-state index >= 15 is 0 Å². The van der Waals surface area contributed by atoms with Crippen LogP contribution in [-0.2, 0) is 0 Å². The summed E-state index contributed by atoms with van der Waals surface area (Å²) in [5, 5.41) is 4.02. The molecule has 0 bridgehead atoms. The molecule has 76 valence electrons. The lowest BCUT2D eigenvalue weighted by Gasteiger charge is -2.13. The van der Waals surface area contributed by atoms with E-state index in [1.165, 1.54) is 11.1 Å². The number of allylic oxidation sites excluding steroid dienone is 1. The Morgan fingerprint density at radius 2 is 2.14 bits per heavy atom. The van der Waals surface area contributed by atoms with E-state index in [0.29, 0.717) is 0 Å². The molecule has 0 fully saturated rings. The van der Waals surface area contributed by atoms with Crippen LogP contribution in [0.2, 0.25) is 5.02 Å². The van der Waals surface area contributed by atoms with Gasteiger partial charge in [-0.3, -0.25) is 0 Å². The summed E-state index contributed by atoms with van der Waals surface area (Å²) in [5.41, 5.74) is 2.49. The fraction of sp³-hybridized carbons (Fsp3) is 0.333. The molecule has 1 unspecified atom stereocenters. The van der Waals surface area contributed by atoms with Crippen LogP contribution in [0.4, 0.5) is 0 Å². The summed E-state index contributed by atoms with van der Waals surface area (Å²) in [6.45, 7) is 4.18. The standard InChI is InChI=1S/C12H16ClN/c1-9(2)7-12(14-3)10-5-4-6-11(13)8-10/h4-8,12,14H,1-3H3. The van der Waals surface area contributed by atoms with E-state index in [-0.39, 0.29) is 6.04 Å². The predicted molar refractivity (Wildman–Crippen MR) is 62.7 cm³/mol. The maximum Gasteiger partial charge on any atom is 0.0506 e. The van der Waals surface area contributed by atoms with Crippen LogP contribution in [-0.4, -0.2) is 7.05 Å². The first-order valence-electron chi connectivity index (χ1n) is 4.71. The van der Waals surface area contributed by atoms with E-state index in [9.17, 15) is 0 Å². The number of benzene rings is 1. The van der Waals surface area contributed by atoms with Gasteiger partial charge in [-0.25, -0.2) is 0 Å². The number of hydrogen-bond donors (Lipinski definition) is 1. The number of hydrogen-bond acceptors (Lipinski definition) is 1. The molecule has 0 saturated heterocycles. The molecule has 1 nitrogen and oxygen atoms in total. The Morgan fingerprint density at radius 3 is 2.64 bits per heavy atom. The second-order valence-electron chi connectivity index (χ2n) is 3.57. The zero-order valence-corrected chi connectivity index (χ0v) is 9.60. The molecule has 0 aromatic heterocycles. The van der Waals surface area contributed by atoms with Crippen molar-refractivity contribution in [3.05, 3.63) is 46.5 Å². The molecular formula is C12H16ClN. The van der Waals surface area contributed by atoms with Crippen molar-refractivity contribution in [1.29, 1.82) is 0 Å². The minimum atomic E-state index is 0.249. The molecule has 1 aromatic rings. The van der Waals surface area contributed by atoms with Crippen molar-refractivity contribution in [3.63, 3.8) is 0 Å². The molecule has 0 spiro atoms. The zero-order valence-electron chi connectivity index (χ0n) is 8.84. The summed E-state index contributed by atoms with van der Waals surface area (Å²) >= 11 is 5.93. The first-order chi connectivity index (χ1) is 6.63. The first kappa shape index (κ1) is 11.3. The van der Waals surface area contributed by atoms with E-state index in [4.69, 9.17) is 11.6 Å². The second kappa shape index (κ2) is 5.18. The summed E-state index contributed by atoms with van der Waals surface area (Å²) in [7, 11) is 1.95. The van der Waals surface area contributed by atoms with Gasteiger partial charge >= 0.3 is 0 Å². The van der Waals surface area contributed by atoms with Gasteiger partial charge in [-0.2, -0.15) is 0 Å². The molecule has 0 aliphatic carbocycles. The van der Waals surface area contributed by atoms with Crippen LogP contribution in [0.3, 0.4) is 0 Å². The van der Waals surface area contributed by atoms with Gasteiger partial charge in [-0.05, 0) is 38.6 Å². The van der Waals surface area contributed by atoms with Crippen molar-refractivity contribution in [1.82, 2.24) is 5.32 Å². The minimum absolute atomic E-state index is 0.249. The summed E-state index contributed by atoms with van der Waals surface area (Å²) in [6, 6.07) is 8.18. The van der Waals surface area contributed by atoms with Gasteiger partial charge < -0.3 is 5.32 Å². The number of nitrogens with one attached hydrogen (secondary N) is 1. The topological polar surface area (TPSA) is 12.0 Å². The Morgan fingerprint density at radius 1 is 1.43 bits per heavy atom. The lowest BCUT2D eigenvalue weighted by Crippen LogP contribution is -2.14. The molecule has 0 aliphatic rings. The Labute approximate surface area is 90.8 Å². The normalized spacial score (nSPS) is 12.3. The van der Waals surface area contributed by atoms with Gasteiger partial charge in [0.05, 0.1) is 6.04 Å². The van der Waals surface area contributed by atoms with Crippen LogP contribution in [0.5, 0.6) is 0 Å². The summed E-state index contributed by atoms with van der Waals surface area (Å²) in [4.78, 5) is 0. The lowest BCUT2D eigenvalue weighted by molar-refractivity contribution is 0.710. The second-order valence-corrected chi connectivity index (χ2v) is 4.00. The Bertz CT molecular complexity index is 327. The largest absolute Gasteiger partial charge is 0.310 e. The van der Waals surface area contributed by atoms with Crippen LogP contribution in [0.15, 0.2) is 35.9 Å². The van der Waals surface area contributed by atoms with Gasteiger partial charge in [0.1, 0.15) is 0 Å². The molecule has 0 aliphatic heterocycles. The average Bonchev–Trinajstić information content (AvgIpc) is 2.14. The molecule has 1 aromatic carbocycles.